The molecule has 0 bridgehead atoms. The van der Waals surface area contributed by atoms with Crippen LogP contribution in [0, 0.1) is 6.92 Å². The summed E-state index contributed by atoms with van der Waals surface area (Å²) in [6, 6.07) is 5.04. The molecule has 1 aliphatic rings. The highest BCUT2D eigenvalue weighted by molar-refractivity contribution is 8.04. The van der Waals surface area contributed by atoms with Gasteiger partial charge in [0.2, 0.25) is 5.91 Å². The van der Waals surface area contributed by atoms with E-state index in [1.165, 1.54) is 33.2 Å². The number of ether oxygens (including phenoxy) is 1. The van der Waals surface area contributed by atoms with Gasteiger partial charge in [0.15, 0.2) is 0 Å². The first-order valence-electron chi connectivity index (χ1n) is 7.78. The third-order valence-corrected chi connectivity index (χ3v) is 4.64. The number of rotatable bonds is 4. The average molecular weight is 359 g/mol. The van der Waals surface area contributed by atoms with Crippen LogP contribution in [-0.2, 0) is 20.9 Å². The number of carbonyl (C=O) groups is 2. The van der Waals surface area contributed by atoms with E-state index in [4.69, 9.17) is 4.74 Å². The molecule has 25 heavy (non-hydrogen) atoms. The quantitative estimate of drug-likeness (QED) is 0.608. The number of amides is 1. The van der Waals surface area contributed by atoms with Crippen molar-refractivity contribution >= 4 is 29.3 Å². The summed E-state index contributed by atoms with van der Waals surface area (Å²) >= 11 is 1.27. The lowest BCUT2D eigenvalue weighted by Crippen LogP contribution is -2.26. The Morgan fingerprint density at radius 2 is 2.20 bits per heavy atom. The van der Waals surface area contributed by atoms with E-state index in [1.54, 1.807) is 19.2 Å². The van der Waals surface area contributed by atoms with Crippen LogP contribution < -0.4 is 5.56 Å². The largest absolute Gasteiger partial charge is 0.463 e. The van der Waals surface area contributed by atoms with Gasteiger partial charge in [-0.05, 0) is 25.5 Å². The molecule has 1 saturated heterocycles. The van der Waals surface area contributed by atoms with Crippen LogP contribution in [0.25, 0.3) is 5.65 Å². The topological polar surface area (TPSA) is 81.0 Å². The van der Waals surface area contributed by atoms with Gasteiger partial charge in [-0.15, -0.1) is 0 Å². The molecule has 7 nitrogen and oxygen atoms in total. The number of aromatic nitrogens is 2. The summed E-state index contributed by atoms with van der Waals surface area (Å²) in [5.41, 5.74) is 1.73. The summed E-state index contributed by atoms with van der Waals surface area (Å²) in [6.07, 6.45) is 3.02. The summed E-state index contributed by atoms with van der Waals surface area (Å²) < 4.78 is 6.36. The monoisotopic (exact) mass is 359 g/mol. The number of thioether (sulfide) groups is 1. The fourth-order valence-corrected chi connectivity index (χ4v) is 3.42. The van der Waals surface area contributed by atoms with Crippen LogP contribution in [0.1, 0.15) is 18.2 Å². The molecule has 8 heteroatoms. The van der Waals surface area contributed by atoms with Crippen LogP contribution in [0.5, 0.6) is 0 Å². The van der Waals surface area contributed by atoms with Crippen LogP contribution in [0.3, 0.4) is 0 Å². The zero-order chi connectivity index (χ0) is 18.0. The second-order valence-electron chi connectivity index (χ2n) is 5.52. The summed E-state index contributed by atoms with van der Waals surface area (Å²) in [5.74, 6) is -0.380. The molecule has 3 rings (SSSR count). The van der Waals surface area contributed by atoms with Gasteiger partial charge < -0.3 is 4.74 Å². The Kier molecular flexibility index (Phi) is 4.89. The molecule has 0 radical (unpaired) electrons. The Labute approximate surface area is 148 Å². The highest BCUT2D eigenvalue weighted by Gasteiger charge is 2.28. The fourth-order valence-electron chi connectivity index (χ4n) is 2.49. The highest BCUT2D eigenvalue weighted by Crippen LogP contribution is 2.30. The lowest BCUT2D eigenvalue weighted by atomic mass is 10.3. The van der Waals surface area contributed by atoms with Crippen molar-refractivity contribution in [1.82, 2.24) is 14.3 Å². The maximum absolute atomic E-state index is 12.3. The Balaban J connectivity index is 1.91. The molecule has 2 aromatic heterocycles. The van der Waals surface area contributed by atoms with Gasteiger partial charge in [0.1, 0.15) is 5.65 Å². The van der Waals surface area contributed by atoms with Gasteiger partial charge in [0.05, 0.1) is 35.7 Å². The minimum absolute atomic E-state index is 0.133. The minimum Gasteiger partial charge on any atom is -0.463 e. The zero-order valence-corrected chi connectivity index (χ0v) is 14.7. The number of hydrogen-bond donors (Lipinski definition) is 0. The lowest BCUT2D eigenvalue weighted by Gasteiger charge is -2.16. The van der Waals surface area contributed by atoms with Gasteiger partial charge in [-0.1, -0.05) is 17.8 Å². The number of pyridine rings is 1. The molecule has 3 heterocycles. The first-order valence-corrected chi connectivity index (χ1v) is 8.77. The normalized spacial score (nSPS) is 16.0. The summed E-state index contributed by atoms with van der Waals surface area (Å²) in [7, 11) is 0. The number of carbonyl (C=O) groups excluding carboxylic acids is 2. The SMILES string of the molecule is CCOC(=O)/C=C1\SCC(=O)N1Cc1cc(=O)n2cc(C)ccc2n1. The highest BCUT2D eigenvalue weighted by atomic mass is 32.2. The van der Waals surface area contributed by atoms with Crippen LogP contribution >= 0.6 is 11.8 Å². The molecule has 0 saturated carbocycles. The van der Waals surface area contributed by atoms with Crippen molar-refractivity contribution in [2.75, 3.05) is 12.4 Å². The first-order chi connectivity index (χ1) is 12.0. The molecule has 0 N–H and O–H groups in total. The molecule has 0 spiro atoms. The van der Waals surface area contributed by atoms with Crippen molar-refractivity contribution < 1.29 is 14.3 Å². The van der Waals surface area contributed by atoms with Crippen molar-refractivity contribution in [3.05, 3.63) is 57.1 Å². The van der Waals surface area contributed by atoms with E-state index in [0.717, 1.165) is 5.56 Å². The minimum atomic E-state index is -0.494. The number of nitrogens with zero attached hydrogens (tertiary/aromatic N) is 3. The van der Waals surface area contributed by atoms with Crippen molar-refractivity contribution in [3.63, 3.8) is 0 Å². The number of aryl methyl sites for hydroxylation is 1. The maximum Gasteiger partial charge on any atom is 0.333 e. The molecule has 0 aromatic carbocycles. The molecule has 130 valence electrons. The summed E-state index contributed by atoms with van der Waals surface area (Å²) in [4.78, 5) is 41.9. The van der Waals surface area contributed by atoms with E-state index in [-0.39, 0.29) is 30.4 Å². The Morgan fingerprint density at radius 1 is 1.40 bits per heavy atom. The number of esters is 1. The third-order valence-electron chi connectivity index (χ3n) is 3.62. The van der Waals surface area contributed by atoms with Crippen molar-refractivity contribution in [1.29, 1.82) is 0 Å². The molecular weight excluding hydrogens is 342 g/mol. The van der Waals surface area contributed by atoms with Gasteiger partial charge in [-0.25, -0.2) is 9.78 Å². The Morgan fingerprint density at radius 3 is 2.96 bits per heavy atom. The van der Waals surface area contributed by atoms with Crippen molar-refractivity contribution in [2.45, 2.75) is 20.4 Å². The molecule has 0 unspecified atom stereocenters. The third kappa shape index (κ3) is 3.74. The van der Waals surface area contributed by atoms with E-state index in [9.17, 15) is 14.4 Å². The second kappa shape index (κ2) is 7.10. The predicted octanol–water partition coefficient (Wildman–Crippen LogP) is 1.48. The van der Waals surface area contributed by atoms with Crippen molar-refractivity contribution in [3.8, 4) is 0 Å². The van der Waals surface area contributed by atoms with E-state index in [1.807, 2.05) is 13.0 Å². The van der Waals surface area contributed by atoms with Gasteiger partial charge in [-0.3, -0.25) is 18.9 Å². The molecular formula is C17H17N3O4S. The van der Waals surface area contributed by atoms with Crippen LogP contribution in [0.15, 0.2) is 40.3 Å². The summed E-state index contributed by atoms with van der Waals surface area (Å²) in [5, 5.41) is 0.509. The number of hydrogen-bond acceptors (Lipinski definition) is 6. The second-order valence-corrected chi connectivity index (χ2v) is 6.52. The van der Waals surface area contributed by atoms with Crippen molar-refractivity contribution in [2.24, 2.45) is 0 Å². The zero-order valence-electron chi connectivity index (χ0n) is 13.9. The smallest absolute Gasteiger partial charge is 0.333 e. The van der Waals surface area contributed by atoms with Gasteiger partial charge >= 0.3 is 5.97 Å². The van der Waals surface area contributed by atoms with E-state index in [2.05, 4.69) is 4.98 Å². The molecule has 0 atom stereocenters. The van der Waals surface area contributed by atoms with Gasteiger partial charge in [-0.2, -0.15) is 0 Å². The van der Waals surface area contributed by atoms with Gasteiger partial charge in [0.25, 0.3) is 5.56 Å². The molecule has 1 amide bonds. The Bertz CT molecular complexity index is 935. The standard InChI is InChI=1S/C17H17N3O4S/c1-3-24-17(23)7-16-20(15(22)10-25-16)9-12-6-14(21)19-8-11(2)4-5-13(19)18-12/h4-8H,3,9-10H2,1-2H3/b16-7-. The fraction of sp³-hybridized carbons (Fsp3) is 0.294. The molecule has 1 aliphatic heterocycles. The van der Waals surface area contributed by atoms with E-state index in [0.29, 0.717) is 16.4 Å². The van der Waals surface area contributed by atoms with Gasteiger partial charge in [0, 0.05) is 12.3 Å². The Hall–Kier alpha value is -2.61. The molecule has 2 aromatic rings. The van der Waals surface area contributed by atoms with E-state index >= 15 is 0 Å². The molecule has 1 fully saturated rings. The van der Waals surface area contributed by atoms with Crippen LogP contribution in [0.2, 0.25) is 0 Å². The van der Waals surface area contributed by atoms with Crippen LogP contribution in [0.4, 0.5) is 0 Å². The maximum atomic E-state index is 12.3. The number of fused-ring (bicyclic) bond motifs is 1. The average Bonchev–Trinajstić information content (AvgIpc) is 2.89. The first kappa shape index (κ1) is 17.2. The van der Waals surface area contributed by atoms with Crippen LogP contribution in [-0.4, -0.2) is 38.5 Å². The summed E-state index contributed by atoms with van der Waals surface area (Å²) in [6.45, 7) is 4.02. The van der Waals surface area contributed by atoms with E-state index < -0.39 is 5.97 Å². The predicted molar refractivity (Wildman–Crippen MR) is 93.9 cm³/mol. The lowest BCUT2D eigenvalue weighted by molar-refractivity contribution is -0.137. The molecule has 0 aliphatic carbocycles.